The zero-order valence-corrected chi connectivity index (χ0v) is 19.9. The van der Waals surface area contributed by atoms with Crippen LogP contribution >= 0.6 is 11.3 Å². The number of hydrogen-bond acceptors (Lipinski definition) is 7. The molecule has 0 bridgehead atoms. The molecule has 0 spiro atoms. The first-order valence-corrected chi connectivity index (χ1v) is 11.2. The van der Waals surface area contributed by atoms with E-state index in [-0.39, 0.29) is 11.8 Å². The van der Waals surface area contributed by atoms with Crippen molar-refractivity contribution in [1.82, 2.24) is 20.5 Å². The zero-order chi connectivity index (χ0) is 25.3. The fourth-order valence-corrected chi connectivity index (χ4v) is 4.03. The van der Waals surface area contributed by atoms with E-state index in [0.717, 1.165) is 16.1 Å². The Bertz CT molecular complexity index is 1010. The monoisotopic (exact) mass is 492 g/mol. The fourth-order valence-electron chi connectivity index (χ4n) is 2.97. The van der Waals surface area contributed by atoms with Gasteiger partial charge in [-0.3, -0.25) is 20.2 Å². The van der Waals surface area contributed by atoms with Gasteiger partial charge in [0.05, 0.1) is 5.69 Å². The van der Waals surface area contributed by atoms with Gasteiger partial charge in [-0.15, -0.1) is 11.3 Å². The summed E-state index contributed by atoms with van der Waals surface area (Å²) in [5.41, 5.74) is 2.31. The summed E-state index contributed by atoms with van der Waals surface area (Å²) in [5.74, 6) is -0.205. The molecule has 0 aliphatic carbocycles. The third kappa shape index (κ3) is 8.94. The predicted molar refractivity (Wildman–Crippen MR) is 127 cm³/mol. The van der Waals surface area contributed by atoms with Gasteiger partial charge >= 0.3 is 12.2 Å². The molecule has 2 aromatic rings. The lowest BCUT2D eigenvalue weighted by molar-refractivity contribution is -0.128. The summed E-state index contributed by atoms with van der Waals surface area (Å²) < 4.78 is 0. The Morgan fingerprint density at radius 3 is 2.15 bits per heavy atom. The molecule has 0 saturated heterocycles. The molecule has 6 N–H and O–H groups in total. The number of nitrogens with one attached hydrogen (secondary N) is 4. The van der Waals surface area contributed by atoms with E-state index in [0.29, 0.717) is 36.5 Å². The van der Waals surface area contributed by atoms with Gasteiger partial charge in [0, 0.05) is 38.0 Å². The molecule has 1 aromatic carbocycles. The number of nitrogens with zero attached hydrogens (tertiary/aromatic N) is 2. The van der Waals surface area contributed by atoms with Gasteiger partial charge in [-0.25, -0.2) is 14.6 Å². The highest BCUT2D eigenvalue weighted by Gasteiger charge is 2.16. The summed E-state index contributed by atoms with van der Waals surface area (Å²) in [4.78, 5) is 52.0. The minimum absolute atomic E-state index is 0.0107. The van der Waals surface area contributed by atoms with Crippen molar-refractivity contribution in [3.8, 4) is 0 Å². The Morgan fingerprint density at radius 2 is 1.62 bits per heavy atom. The molecule has 0 atom stereocenters. The Hall–Kier alpha value is -3.87. The highest BCUT2D eigenvalue weighted by molar-refractivity contribution is 7.15. The molecule has 0 saturated carbocycles. The van der Waals surface area contributed by atoms with Gasteiger partial charge in [-0.1, -0.05) is 12.1 Å². The van der Waals surface area contributed by atoms with Crippen molar-refractivity contribution in [3.05, 3.63) is 40.4 Å². The molecule has 1 aromatic heterocycles. The van der Waals surface area contributed by atoms with Gasteiger partial charge in [-0.2, -0.15) is 0 Å². The van der Waals surface area contributed by atoms with Gasteiger partial charge < -0.3 is 25.7 Å². The first-order chi connectivity index (χ1) is 16.0. The summed E-state index contributed by atoms with van der Waals surface area (Å²) >= 11 is 1.36. The van der Waals surface area contributed by atoms with Crippen LogP contribution in [0.1, 0.15) is 29.5 Å². The van der Waals surface area contributed by atoms with Gasteiger partial charge in [0.2, 0.25) is 11.8 Å². The van der Waals surface area contributed by atoms with Crippen molar-refractivity contribution in [2.75, 3.05) is 24.7 Å². The van der Waals surface area contributed by atoms with Crippen LogP contribution in [0, 0.1) is 0 Å². The van der Waals surface area contributed by atoms with E-state index in [4.69, 9.17) is 10.2 Å². The number of carboxylic acid groups (broad SMARTS) is 2. The number of anilines is 2. The molecule has 1 heterocycles. The summed E-state index contributed by atoms with van der Waals surface area (Å²) in [6, 6.07) is 7.07. The van der Waals surface area contributed by atoms with Crippen LogP contribution in [0.2, 0.25) is 0 Å². The maximum Gasteiger partial charge on any atom is 0.407 e. The number of aryl methyl sites for hydroxylation is 3. The second kappa shape index (κ2) is 12.4. The largest absolute Gasteiger partial charge is 0.465 e. The van der Waals surface area contributed by atoms with Crippen molar-refractivity contribution < 1.29 is 29.4 Å². The van der Waals surface area contributed by atoms with Crippen LogP contribution in [-0.4, -0.2) is 64.5 Å². The molecule has 0 aliphatic heterocycles. The van der Waals surface area contributed by atoms with E-state index in [2.05, 4.69) is 15.6 Å². The zero-order valence-electron chi connectivity index (χ0n) is 19.0. The number of thiazole rings is 1. The standard InChI is InChI=1S/C21H28N6O6S/c1-12(28)22-19-24-15(16(34-19)10-11-17(29)27(2)3)9-6-13-4-7-14(8-5-13)23-18(25-20(30)31)26-21(32)33/h4-5,7-8,18,23,25-26H,6,9-11H2,1-3H3,(H,30,31)(H,32,33)(H,22,24,28). The first kappa shape index (κ1) is 26.4. The molecule has 0 aliphatic rings. The number of aromatic nitrogens is 1. The minimum atomic E-state index is -1.38. The summed E-state index contributed by atoms with van der Waals surface area (Å²) in [5, 5.41) is 27.6. The average Bonchev–Trinajstić information content (AvgIpc) is 3.11. The molecular formula is C21H28N6O6S. The lowest BCUT2D eigenvalue weighted by Gasteiger charge is -2.19. The van der Waals surface area contributed by atoms with Crippen molar-refractivity contribution in [2.45, 2.75) is 38.9 Å². The third-order valence-corrected chi connectivity index (χ3v) is 5.65. The van der Waals surface area contributed by atoms with E-state index in [9.17, 15) is 19.2 Å². The number of rotatable bonds is 11. The molecule has 0 fully saturated rings. The summed E-state index contributed by atoms with van der Waals surface area (Å²) in [6.07, 6.45) is -1.87. The van der Waals surface area contributed by atoms with Crippen LogP contribution in [0.3, 0.4) is 0 Å². The fraction of sp³-hybridized carbons (Fsp3) is 0.381. The summed E-state index contributed by atoms with van der Waals surface area (Å²) in [7, 11) is 3.41. The smallest absolute Gasteiger partial charge is 0.407 e. The second-order valence-electron chi connectivity index (χ2n) is 7.53. The van der Waals surface area contributed by atoms with Crippen LogP contribution in [0.4, 0.5) is 20.4 Å². The van der Waals surface area contributed by atoms with Gasteiger partial charge in [0.1, 0.15) is 0 Å². The number of carbonyl (C=O) groups is 4. The predicted octanol–water partition coefficient (Wildman–Crippen LogP) is 2.14. The highest BCUT2D eigenvalue weighted by Crippen LogP contribution is 2.26. The topological polar surface area (TPSA) is 173 Å². The highest BCUT2D eigenvalue weighted by atomic mass is 32.1. The van der Waals surface area contributed by atoms with Crippen LogP contribution < -0.4 is 21.3 Å². The van der Waals surface area contributed by atoms with Crippen LogP contribution in [0.5, 0.6) is 0 Å². The third-order valence-electron chi connectivity index (χ3n) is 4.58. The lowest BCUT2D eigenvalue weighted by Crippen LogP contribution is -2.52. The maximum atomic E-state index is 12.0. The Morgan fingerprint density at radius 1 is 1.00 bits per heavy atom. The van der Waals surface area contributed by atoms with Crippen molar-refractivity contribution in [1.29, 1.82) is 0 Å². The Labute approximate surface area is 200 Å². The number of amides is 4. The Kier molecular flexibility index (Phi) is 9.62. The van der Waals surface area contributed by atoms with Crippen molar-refractivity contribution in [3.63, 3.8) is 0 Å². The lowest BCUT2D eigenvalue weighted by atomic mass is 10.1. The number of carbonyl (C=O) groups excluding carboxylic acids is 2. The second-order valence-corrected chi connectivity index (χ2v) is 8.62. The van der Waals surface area contributed by atoms with E-state index in [1.165, 1.54) is 23.2 Å². The van der Waals surface area contributed by atoms with Gasteiger partial charge in [-0.05, 0) is 37.0 Å². The molecule has 0 unspecified atom stereocenters. The normalized spacial score (nSPS) is 10.5. The van der Waals surface area contributed by atoms with Crippen molar-refractivity contribution >= 4 is 46.2 Å². The summed E-state index contributed by atoms with van der Waals surface area (Å²) in [6.45, 7) is 1.41. The van der Waals surface area contributed by atoms with Crippen LogP contribution in [0.25, 0.3) is 0 Å². The first-order valence-electron chi connectivity index (χ1n) is 10.3. The molecule has 2 rings (SSSR count). The van der Waals surface area contributed by atoms with Crippen LogP contribution in [0.15, 0.2) is 24.3 Å². The Balaban J connectivity index is 2.05. The van der Waals surface area contributed by atoms with Crippen molar-refractivity contribution in [2.24, 2.45) is 0 Å². The number of hydrogen-bond donors (Lipinski definition) is 6. The van der Waals surface area contributed by atoms with Gasteiger partial charge in [0.25, 0.3) is 0 Å². The molecular weight excluding hydrogens is 464 g/mol. The molecule has 34 heavy (non-hydrogen) atoms. The molecule has 184 valence electrons. The molecule has 4 amide bonds. The van der Waals surface area contributed by atoms with E-state index in [1.54, 1.807) is 26.2 Å². The van der Waals surface area contributed by atoms with Gasteiger partial charge in [0.15, 0.2) is 11.4 Å². The molecule has 13 heteroatoms. The van der Waals surface area contributed by atoms with E-state index >= 15 is 0 Å². The average molecular weight is 493 g/mol. The molecule has 12 nitrogen and oxygen atoms in total. The minimum Gasteiger partial charge on any atom is -0.465 e. The van der Waals surface area contributed by atoms with E-state index in [1.807, 2.05) is 22.8 Å². The van der Waals surface area contributed by atoms with Crippen LogP contribution in [-0.2, 0) is 28.9 Å². The SMILES string of the molecule is CC(=O)Nc1nc(CCc2ccc(NC(NC(=O)O)NC(=O)O)cc2)c(CCC(=O)N(C)C)s1. The number of benzene rings is 1. The molecule has 0 radical (unpaired) electrons. The quantitative estimate of drug-likeness (QED) is 0.259. The maximum absolute atomic E-state index is 12.0. The van der Waals surface area contributed by atoms with E-state index < -0.39 is 18.5 Å².